The number of amides is 1. The fourth-order valence-electron chi connectivity index (χ4n) is 2.86. The molecule has 1 fully saturated rings. The molecule has 0 spiro atoms. The average molecular weight is 359 g/mol. The molecule has 2 heterocycles. The molecule has 8 nitrogen and oxygen atoms in total. The summed E-state index contributed by atoms with van der Waals surface area (Å²) in [6.45, 7) is -0.324. The van der Waals surface area contributed by atoms with Gasteiger partial charge >= 0.3 is 5.69 Å². The number of rotatable bonds is 6. The van der Waals surface area contributed by atoms with Crippen LogP contribution in [-0.4, -0.2) is 44.5 Å². The maximum Gasteiger partial charge on any atom is 0.351 e. The molecule has 2 aromatic rings. The Morgan fingerprint density at radius 1 is 1.31 bits per heavy atom. The lowest BCUT2D eigenvalue weighted by Gasteiger charge is -2.14. The van der Waals surface area contributed by atoms with E-state index in [9.17, 15) is 14.7 Å². The predicted octanol–water partition coefficient (Wildman–Crippen LogP) is 0.455. The highest BCUT2D eigenvalue weighted by atomic mass is 16.5. The number of aryl methyl sites for hydroxylation is 1. The summed E-state index contributed by atoms with van der Waals surface area (Å²) in [5.74, 6) is -0.0621. The molecule has 3 rings (SSSR count). The number of ether oxygens (including phenoxy) is 1. The van der Waals surface area contributed by atoms with Crippen LogP contribution in [0.4, 0.5) is 5.82 Å². The highest BCUT2D eigenvalue weighted by Gasteiger charge is 2.34. The second-order valence-electron chi connectivity index (χ2n) is 6.15. The Hall–Kier alpha value is -2.55. The molecule has 138 valence electrons. The van der Waals surface area contributed by atoms with Crippen LogP contribution in [-0.2, 0) is 16.0 Å². The van der Waals surface area contributed by atoms with Crippen molar-refractivity contribution in [1.82, 2.24) is 9.55 Å². The van der Waals surface area contributed by atoms with Gasteiger partial charge in [0.1, 0.15) is 18.1 Å². The van der Waals surface area contributed by atoms with Gasteiger partial charge in [0.05, 0.1) is 12.7 Å². The van der Waals surface area contributed by atoms with E-state index < -0.39 is 24.1 Å². The molecule has 3 N–H and O–H groups in total. The van der Waals surface area contributed by atoms with Crippen LogP contribution in [0.25, 0.3) is 0 Å². The lowest BCUT2D eigenvalue weighted by Crippen LogP contribution is -2.28. The predicted molar refractivity (Wildman–Crippen MR) is 93.5 cm³/mol. The van der Waals surface area contributed by atoms with E-state index in [2.05, 4.69) is 10.3 Å². The van der Waals surface area contributed by atoms with Crippen molar-refractivity contribution >= 4 is 11.7 Å². The summed E-state index contributed by atoms with van der Waals surface area (Å²) in [6.07, 6.45) is 0.281. The van der Waals surface area contributed by atoms with Crippen molar-refractivity contribution in [2.24, 2.45) is 0 Å². The Morgan fingerprint density at radius 3 is 2.73 bits per heavy atom. The summed E-state index contributed by atoms with van der Waals surface area (Å²) < 4.78 is 6.67. The van der Waals surface area contributed by atoms with Crippen molar-refractivity contribution in [3.8, 4) is 0 Å². The molecule has 0 bridgehead atoms. The van der Waals surface area contributed by atoms with Gasteiger partial charge in [-0.3, -0.25) is 9.36 Å². The van der Waals surface area contributed by atoms with Gasteiger partial charge in [0.15, 0.2) is 0 Å². The first-order chi connectivity index (χ1) is 12.6. The number of carbonyl (C=O) groups excluding carboxylic acids is 1. The van der Waals surface area contributed by atoms with Crippen LogP contribution in [0.5, 0.6) is 0 Å². The molecule has 1 aliphatic rings. The van der Waals surface area contributed by atoms with Crippen LogP contribution in [0, 0.1) is 0 Å². The number of hydrogen-bond acceptors (Lipinski definition) is 6. The van der Waals surface area contributed by atoms with Gasteiger partial charge in [-0.2, -0.15) is 4.98 Å². The Morgan fingerprint density at radius 2 is 2.08 bits per heavy atom. The van der Waals surface area contributed by atoms with Gasteiger partial charge in [-0.15, -0.1) is 0 Å². The molecule has 0 radical (unpaired) electrons. The quantitative estimate of drug-likeness (QED) is 0.690. The van der Waals surface area contributed by atoms with E-state index in [-0.39, 0.29) is 31.2 Å². The molecule has 1 aromatic carbocycles. The monoisotopic (exact) mass is 359 g/mol. The summed E-state index contributed by atoms with van der Waals surface area (Å²) in [7, 11) is 0. The highest BCUT2D eigenvalue weighted by molar-refractivity contribution is 5.89. The van der Waals surface area contributed by atoms with E-state index >= 15 is 0 Å². The lowest BCUT2D eigenvalue weighted by molar-refractivity contribution is -0.116. The van der Waals surface area contributed by atoms with Crippen LogP contribution in [0.2, 0.25) is 0 Å². The van der Waals surface area contributed by atoms with Crippen molar-refractivity contribution < 1.29 is 19.7 Å². The van der Waals surface area contributed by atoms with Gasteiger partial charge < -0.3 is 20.3 Å². The first-order valence-electron chi connectivity index (χ1n) is 8.44. The smallest absolute Gasteiger partial charge is 0.351 e. The number of aromatic nitrogens is 2. The van der Waals surface area contributed by atoms with Crippen LogP contribution >= 0.6 is 0 Å². The van der Waals surface area contributed by atoms with Crippen LogP contribution in [0.3, 0.4) is 0 Å². The average Bonchev–Trinajstić information content (AvgIpc) is 3.01. The number of aliphatic hydroxyl groups is 2. The number of nitrogens with zero attached hydrogens (tertiary/aromatic N) is 2. The molecule has 26 heavy (non-hydrogen) atoms. The number of hydrogen-bond donors (Lipinski definition) is 3. The largest absolute Gasteiger partial charge is 0.394 e. The Labute approximate surface area is 150 Å². The molecule has 1 saturated heterocycles. The standard InChI is InChI=1S/C18H21N3O5/c22-11-14-13(23)10-17(26-14)21-9-8-15(20-18(21)25)19-16(24)7-6-12-4-2-1-3-5-12/h1-5,8-9,13-14,17,22-23H,6-7,10-11H2,(H,19,20,24,25)/t13?,14-,17-/m1/s1. The number of anilines is 1. The van der Waals surface area contributed by atoms with Crippen molar-refractivity contribution in [3.05, 3.63) is 58.6 Å². The van der Waals surface area contributed by atoms with Gasteiger partial charge in [0, 0.05) is 19.0 Å². The Kier molecular flexibility index (Phi) is 5.77. The molecule has 1 amide bonds. The molecule has 1 unspecified atom stereocenters. The number of carbonyl (C=O) groups is 1. The molecule has 0 aliphatic carbocycles. The zero-order chi connectivity index (χ0) is 18.5. The fourth-order valence-corrected chi connectivity index (χ4v) is 2.86. The topological polar surface area (TPSA) is 114 Å². The number of benzene rings is 1. The molecule has 1 aromatic heterocycles. The van der Waals surface area contributed by atoms with E-state index in [0.717, 1.165) is 5.56 Å². The third kappa shape index (κ3) is 4.34. The SMILES string of the molecule is O=C(CCc1ccccc1)Nc1ccn([C@H]2CC(O)[C@@H](CO)O2)c(=O)n1. The molecular formula is C18H21N3O5. The zero-order valence-corrected chi connectivity index (χ0v) is 14.1. The minimum Gasteiger partial charge on any atom is -0.394 e. The van der Waals surface area contributed by atoms with Crippen LogP contribution in [0.15, 0.2) is 47.4 Å². The van der Waals surface area contributed by atoms with Crippen molar-refractivity contribution in [2.45, 2.75) is 37.7 Å². The van der Waals surface area contributed by atoms with Crippen molar-refractivity contribution in [2.75, 3.05) is 11.9 Å². The molecular weight excluding hydrogens is 338 g/mol. The molecule has 8 heteroatoms. The maximum atomic E-state index is 12.2. The summed E-state index contributed by atoms with van der Waals surface area (Å²) in [6, 6.07) is 11.1. The molecule has 3 atom stereocenters. The first-order valence-corrected chi connectivity index (χ1v) is 8.44. The highest BCUT2D eigenvalue weighted by Crippen LogP contribution is 2.27. The van der Waals surface area contributed by atoms with E-state index in [0.29, 0.717) is 6.42 Å². The normalized spacial score (nSPS) is 22.3. The van der Waals surface area contributed by atoms with Gasteiger partial charge in [-0.25, -0.2) is 4.79 Å². The number of aliphatic hydroxyl groups excluding tert-OH is 2. The minimum atomic E-state index is -0.839. The van der Waals surface area contributed by atoms with Crippen LogP contribution in [0.1, 0.15) is 24.6 Å². The molecule has 1 aliphatic heterocycles. The Bertz CT molecular complexity index is 808. The number of nitrogens with one attached hydrogen (secondary N) is 1. The summed E-state index contributed by atoms with van der Waals surface area (Å²) in [5, 5.41) is 21.5. The third-order valence-corrected chi connectivity index (χ3v) is 4.28. The molecule has 0 saturated carbocycles. The Balaban J connectivity index is 1.59. The van der Waals surface area contributed by atoms with Crippen molar-refractivity contribution in [1.29, 1.82) is 0 Å². The first kappa shape index (κ1) is 18.2. The second-order valence-corrected chi connectivity index (χ2v) is 6.15. The van der Waals surface area contributed by atoms with Gasteiger partial charge in [0.25, 0.3) is 0 Å². The fraction of sp³-hybridized carbons (Fsp3) is 0.389. The lowest BCUT2D eigenvalue weighted by atomic mass is 10.1. The second kappa shape index (κ2) is 8.22. The maximum absolute atomic E-state index is 12.2. The van der Waals surface area contributed by atoms with Crippen molar-refractivity contribution in [3.63, 3.8) is 0 Å². The van der Waals surface area contributed by atoms with E-state index in [4.69, 9.17) is 9.84 Å². The van der Waals surface area contributed by atoms with E-state index in [1.165, 1.54) is 16.8 Å². The third-order valence-electron chi connectivity index (χ3n) is 4.28. The van der Waals surface area contributed by atoms with E-state index in [1.807, 2.05) is 30.3 Å². The van der Waals surface area contributed by atoms with Gasteiger partial charge in [-0.1, -0.05) is 30.3 Å². The summed E-state index contributed by atoms with van der Waals surface area (Å²) in [4.78, 5) is 28.0. The summed E-state index contributed by atoms with van der Waals surface area (Å²) in [5.41, 5.74) is 0.461. The minimum absolute atomic E-state index is 0.168. The van der Waals surface area contributed by atoms with E-state index in [1.54, 1.807) is 0 Å². The van der Waals surface area contributed by atoms with Gasteiger partial charge in [0.2, 0.25) is 5.91 Å². The summed E-state index contributed by atoms with van der Waals surface area (Å²) >= 11 is 0. The van der Waals surface area contributed by atoms with Crippen LogP contribution < -0.4 is 11.0 Å². The van der Waals surface area contributed by atoms with Gasteiger partial charge in [-0.05, 0) is 18.1 Å². The zero-order valence-electron chi connectivity index (χ0n) is 14.1.